The Labute approximate surface area is 240 Å². The summed E-state index contributed by atoms with van der Waals surface area (Å²) in [5.74, 6) is 1.53. The van der Waals surface area contributed by atoms with Crippen LogP contribution in [0.2, 0.25) is 0 Å². The van der Waals surface area contributed by atoms with E-state index in [0.29, 0.717) is 36.4 Å². The second kappa shape index (κ2) is 12.0. The van der Waals surface area contributed by atoms with E-state index in [4.69, 9.17) is 4.74 Å². The van der Waals surface area contributed by atoms with Gasteiger partial charge in [-0.3, -0.25) is 18.8 Å². The number of halogens is 3. The number of pyridine rings is 1. The molecule has 0 bridgehead atoms. The number of methoxy groups -OCH3 is 1. The minimum atomic E-state index is -4.55. The summed E-state index contributed by atoms with van der Waals surface area (Å²) in [6.45, 7) is 2.64. The predicted octanol–water partition coefficient (Wildman–Crippen LogP) is 4.59. The van der Waals surface area contributed by atoms with Crippen molar-refractivity contribution >= 4 is 5.52 Å². The van der Waals surface area contributed by atoms with E-state index in [1.165, 1.54) is 35.9 Å². The van der Waals surface area contributed by atoms with Crippen LogP contribution in [0.25, 0.3) is 5.52 Å². The Balaban J connectivity index is 1.30. The molecule has 11 heteroatoms. The van der Waals surface area contributed by atoms with Crippen molar-refractivity contribution in [2.75, 3.05) is 33.9 Å². The van der Waals surface area contributed by atoms with Crippen molar-refractivity contribution in [2.24, 2.45) is 17.8 Å². The fourth-order valence-electron chi connectivity index (χ4n) is 8.01. The fraction of sp³-hybridized carbons (Fsp3) is 0.767. The monoisotopic (exact) mass is 578 g/mol. The van der Waals surface area contributed by atoms with E-state index in [9.17, 15) is 18.0 Å². The molecule has 4 fully saturated rings. The molecule has 2 aromatic heterocycles. The van der Waals surface area contributed by atoms with Crippen LogP contribution < -0.4 is 16.5 Å². The Bertz CT molecular complexity index is 1260. The summed E-state index contributed by atoms with van der Waals surface area (Å²) in [5, 5.41) is 0. The van der Waals surface area contributed by atoms with Crippen molar-refractivity contribution in [3.05, 3.63) is 40.1 Å². The summed E-state index contributed by atoms with van der Waals surface area (Å²) in [6.07, 6.45) is 9.30. The lowest BCUT2D eigenvalue weighted by atomic mass is 9.65. The van der Waals surface area contributed by atoms with Gasteiger partial charge in [0.15, 0.2) is 0 Å². The summed E-state index contributed by atoms with van der Waals surface area (Å²) in [4.78, 5) is 18.3. The van der Waals surface area contributed by atoms with Gasteiger partial charge in [-0.05, 0) is 81.5 Å². The summed E-state index contributed by atoms with van der Waals surface area (Å²) in [6, 6.07) is 1.15. The molecule has 3 unspecified atom stereocenters. The zero-order valence-electron chi connectivity index (χ0n) is 24.3. The molecule has 2 aromatic rings. The van der Waals surface area contributed by atoms with Crippen molar-refractivity contribution in [1.29, 1.82) is 0 Å². The molecule has 6 rings (SSSR count). The molecule has 2 saturated heterocycles. The van der Waals surface area contributed by atoms with Crippen LogP contribution in [-0.2, 0) is 17.5 Å². The van der Waals surface area contributed by atoms with Crippen molar-refractivity contribution in [2.45, 2.75) is 95.2 Å². The first-order chi connectivity index (χ1) is 19.7. The number of likely N-dealkylation sites (tertiary alicyclic amines) is 1. The minimum absolute atomic E-state index is 0.0454. The molecule has 5 atom stereocenters. The van der Waals surface area contributed by atoms with Gasteiger partial charge in [0.1, 0.15) is 0 Å². The van der Waals surface area contributed by atoms with Crippen LogP contribution in [0.1, 0.15) is 81.4 Å². The maximum atomic E-state index is 14.4. The van der Waals surface area contributed by atoms with Crippen molar-refractivity contribution in [3.63, 3.8) is 0 Å². The molecular formula is C30H45F3N6O2. The number of rotatable bonds is 7. The lowest BCUT2D eigenvalue weighted by Gasteiger charge is -2.46. The molecule has 2 N–H and O–H groups in total. The second-order valence-electron chi connectivity index (χ2n) is 13.0. The maximum Gasteiger partial charge on any atom is 0.418 e. The Hall–Kier alpha value is -1.92. The maximum absolute atomic E-state index is 14.4. The van der Waals surface area contributed by atoms with E-state index in [-0.39, 0.29) is 29.5 Å². The van der Waals surface area contributed by atoms with Gasteiger partial charge >= 0.3 is 11.9 Å². The summed E-state index contributed by atoms with van der Waals surface area (Å²) in [5.41, 5.74) is 6.13. The Morgan fingerprint density at radius 1 is 1.05 bits per heavy atom. The van der Waals surface area contributed by atoms with Crippen LogP contribution in [0.5, 0.6) is 0 Å². The number of nitrogens with zero attached hydrogens (tertiary/aromatic N) is 4. The van der Waals surface area contributed by atoms with Gasteiger partial charge in [0, 0.05) is 38.6 Å². The van der Waals surface area contributed by atoms with Crippen LogP contribution in [0.4, 0.5) is 13.2 Å². The van der Waals surface area contributed by atoms with Gasteiger partial charge in [0.05, 0.1) is 30.0 Å². The number of ether oxygens (including phenoxy) is 1. The number of fused-ring (bicyclic) bond motifs is 1. The largest absolute Gasteiger partial charge is 0.418 e. The number of alkyl halides is 3. The third-order valence-electron chi connectivity index (χ3n) is 10.3. The van der Waals surface area contributed by atoms with Crippen molar-refractivity contribution in [3.8, 4) is 0 Å². The SMILES string of the molecule is CO[C@@H]1CCCCN(Cc2cc(C(F)(F)F)c3cn(C4CCCC([C@@H](C5CCC5)C5NNCN5C)C4)c(=O)n3c2)C1. The lowest BCUT2D eigenvalue weighted by Crippen LogP contribution is -2.50. The van der Waals surface area contributed by atoms with Gasteiger partial charge in [-0.2, -0.15) is 13.2 Å². The fourth-order valence-corrected chi connectivity index (χ4v) is 8.01. The third-order valence-corrected chi connectivity index (χ3v) is 10.3. The number of aromatic nitrogens is 2. The standard InChI is InChI=1S/C30H45F3N6O2/c1-36-19-34-35-28(36)27(21-7-5-8-21)22-9-6-10-23(14-22)38-18-26-25(30(31,32)33)13-20(16-39(26)29(38)40)15-37-12-4-3-11-24(17-37)41-2/h13,16,18,21-24,27-28,34-35H,3-12,14-15,17,19H2,1-2H3/t22?,23?,24-,27-,28?/m1/s1. The highest BCUT2D eigenvalue weighted by molar-refractivity contribution is 5.56. The summed E-state index contributed by atoms with van der Waals surface area (Å²) < 4.78 is 51.6. The molecule has 41 heavy (non-hydrogen) atoms. The Kier molecular flexibility index (Phi) is 8.53. The van der Waals surface area contributed by atoms with E-state index in [0.717, 1.165) is 58.2 Å². The molecule has 2 saturated carbocycles. The average Bonchev–Trinajstić information content (AvgIpc) is 3.40. The minimum Gasteiger partial charge on any atom is -0.380 e. The molecule has 228 valence electrons. The van der Waals surface area contributed by atoms with Gasteiger partial charge in [0.25, 0.3) is 0 Å². The molecule has 8 nitrogen and oxygen atoms in total. The molecule has 2 aliphatic heterocycles. The van der Waals surface area contributed by atoms with Gasteiger partial charge in [0.2, 0.25) is 0 Å². The van der Waals surface area contributed by atoms with E-state index in [1.807, 2.05) is 0 Å². The van der Waals surface area contributed by atoms with Crippen LogP contribution in [0.15, 0.2) is 23.3 Å². The highest BCUT2D eigenvalue weighted by Gasteiger charge is 2.44. The zero-order chi connectivity index (χ0) is 28.7. The van der Waals surface area contributed by atoms with Crippen LogP contribution in [0.3, 0.4) is 0 Å². The number of imidazole rings is 1. The van der Waals surface area contributed by atoms with Crippen molar-refractivity contribution < 1.29 is 17.9 Å². The molecule has 4 heterocycles. The molecule has 2 aliphatic carbocycles. The number of nitrogens with one attached hydrogen (secondary N) is 2. The van der Waals surface area contributed by atoms with Crippen molar-refractivity contribution in [1.82, 2.24) is 29.6 Å². The Morgan fingerprint density at radius 2 is 1.83 bits per heavy atom. The quantitative estimate of drug-likeness (QED) is 0.501. The van der Waals surface area contributed by atoms with Gasteiger partial charge < -0.3 is 4.74 Å². The average molecular weight is 579 g/mol. The normalized spacial score (nSPS) is 30.0. The zero-order valence-corrected chi connectivity index (χ0v) is 24.3. The molecule has 0 radical (unpaired) electrons. The first-order valence-electron chi connectivity index (χ1n) is 15.5. The van der Waals surface area contributed by atoms with Crippen LogP contribution in [-0.4, -0.2) is 65.0 Å². The number of hydrogen-bond acceptors (Lipinski definition) is 6. The molecule has 0 amide bonds. The number of hydrogen-bond donors (Lipinski definition) is 2. The molecule has 4 aliphatic rings. The van der Waals surface area contributed by atoms with Gasteiger partial charge in [-0.15, -0.1) is 0 Å². The van der Waals surface area contributed by atoms with Gasteiger partial charge in [-0.1, -0.05) is 25.7 Å². The topological polar surface area (TPSA) is 66.2 Å². The first kappa shape index (κ1) is 29.2. The Morgan fingerprint density at radius 3 is 2.51 bits per heavy atom. The summed E-state index contributed by atoms with van der Waals surface area (Å²) in [7, 11) is 3.82. The smallest absolute Gasteiger partial charge is 0.380 e. The number of hydrazine groups is 1. The lowest BCUT2D eigenvalue weighted by molar-refractivity contribution is -0.136. The molecule has 0 spiro atoms. The highest BCUT2D eigenvalue weighted by Crippen LogP contribution is 2.47. The predicted molar refractivity (Wildman–Crippen MR) is 151 cm³/mol. The first-order valence-corrected chi connectivity index (χ1v) is 15.5. The second-order valence-corrected chi connectivity index (χ2v) is 13.0. The third kappa shape index (κ3) is 5.98. The van der Waals surface area contributed by atoms with Gasteiger partial charge in [-0.25, -0.2) is 15.6 Å². The molecular weight excluding hydrogens is 533 g/mol. The molecule has 0 aromatic carbocycles. The van der Waals surface area contributed by atoms with E-state index in [1.54, 1.807) is 17.9 Å². The highest BCUT2D eigenvalue weighted by atomic mass is 19.4. The van der Waals surface area contributed by atoms with E-state index in [2.05, 4.69) is 27.7 Å². The summed E-state index contributed by atoms with van der Waals surface area (Å²) >= 11 is 0. The van der Waals surface area contributed by atoms with E-state index >= 15 is 0 Å². The van der Waals surface area contributed by atoms with E-state index < -0.39 is 11.7 Å². The van der Waals surface area contributed by atoms with Crippen LogP contribution >= 0.6 is 0 Å². The van der Waals surface area contributed by atoms with Crippen LogP contribution in [0, 0.1) is 17.8 Å².